The highest BCUT2D eigenvalue weighted by Gasteiger charge is 2.60. The van der Waals surface area contributed by atoms with Gasteiger partial charge in [0.05, 0.1) is 6.54 Å². The molecule has 0 saturated heterocycles. The Labute approximate surface area is 187 Å². The van der Waals surface area contributed by atoms with Crippen molar-refractivity contribution in [3.05, 3.63) is 30.1 Å². The number of Topliss-reactive ketones (excluding diaryl/α,β-unsaturated/α-hetero) is 1. The van der Waals surface area contributed by atoms with Gasteiger partial charge in [-0.3, -0.25) is 4.79 Å². The van der Waals surface area contributed by atoms with Crippen LogP contribution in [0.1, 0.15) is 72.1 Å². The van der Waals surface area contributed by atoms with Crippen LogP contribution in [0, 0.1) is 58.6 Å². The van der Waals surface area contributed by atoms with Crippen LogP contribution in [0.2, 0.25) is 0 Å². The fraction of sp³-hybridized carbons (Fsp3) is 0.750. The van der Waals surface area contributed by atoms with E-state index in [1.807, 2.05) is 0 Å². The van der Waals surface area contributed by atoms with E-state index in [2.05, 4.69) is 26.1 Å². The summed E-state index contributed by atoms with van der Waals surface area (Å²) in [7, 11) is 0. The maximum atomic E-state index is 13.4. The zero-order valence-electron chi connectivity index (χ0n) is 19.6. The van der Waals surface area contributed by atoms with Gasteiger partial charge >= 0.3 is 0 Å². The van der Waals surface area contributed by atoms with Crippen LogP contribution in [0.5, 0.6) is 0 Å². The Morgan fingerprint density at radius 3 is 2.52 bits per heavy atom. The van der Waals surface area contributed by atoms with Gasteiger partial charge in [-0.15, -0.1) is 0 Å². The van der Waals surface area contributed by atoms with Crippen molar-refractivity contribution in [1.82, 2.24) is 0 Å². The molecule has 31 heavy (non-hydrogen) atoms. The largest absolute Gasteiger partial charge is 0.378 e. The number of nitrogens with one attached hydrogen (secondary N) is 1. The number of fused-ring (bicyclic) bond motifs is 5. The van der Waals surface area contributed by atoms with Crippen LogP contribution < -0.4 is 5.32 Å². The van der Waals surface area contributed by atoms with E-state index < -0.39 is 0 Å². The molecule has 9 atom stereocenters. The second-order valence-electron chi connectivity index (χ2n) is 11.9. The highest BCUT2D eigenvalue weighted by Crippen LogP contribution is 2.66. The number of halogens is 1. The van der Waals surface area contributed by atoms with Crippen molar-refractivity contribution in [2.75, 3.05) is 11.9 Å². The van der Waals surface area contributed by atoms with Gasteiger partial charge in [0.2, 0.25) is 0 Å². The number of hydrogen-bond acceptors (Lipinski definition) is 2. The van der Waals surface area contributed by atoms with Crippen molar-refractivity contribution < 1.29 is 9.18 Å². The monoisotopic (exact) mass is 425 g/mol. The molecule has 4 fully saturated rings. The van der Waals surface area contributed by atoms with Gasteiger partial charge in [0.15, 0.2) is 5.78 Å². The standard InChI is InChI=1S/C28H40FNO/c1-17-4-10-22-19(14-17)5-11-24-23(22)12-13-28(3)25(15-18(2)27(24)28)26(31)16-30-21-8-6-20(29)7-9-21/h6-9,17-19,22-25,27,30H,4-5,10-16H2,1-3H3. The molecule has 0 aliphatic heterocycles. The van der Waals surface area contributed by atoms with Gasteiger partial charge < -0.3 is 5.32 Å². The number of benzene rings is 1. The van der Waals surface area contributed by atoms with E-state index in [0.717, 1.165) is 41.7 Å². The maximum Gasteiger partial charge on any atom is 0.155 e. The smallest absolute Gasteiger partial charge is 0.155 e. The quantitative estimate of drug-likeness (QED) is 0.565. The van der Waals surface area contributed by atoms with Crippen molar-refractivity contribution >= 4 is 11.5 Å². The first-order valence-corrected chi connectivity index (χ1v) is 12.9. The lowest BCUT2D eigenvalue weighted by Crippen LogP contribution is -2.50. The second kappa shape index (κ2) is 8.19. The Hall–Kier alpha value is -1.38. The summed E-state index contributed by atoms with van der Waals surface area (Å²) in [5.41, 5.74) is 0.993. The zero-order chi connectivity index (χ0) is 21.8. The Morgan fingerprint density at radius 2 is 1.74 bits per heavy atom. The predicted molar refractivity (Wildman–Crippen MR) is 124 cm³/mol. The summed E-state index contributed by atoms with van der Waals surface area (Å²) in [5, 5.41) is 3.26. The van der Waals surface area contributed by atoms with Gasteiger partial charge in [0, 0.05) is 11.6 Å². The molecule has 3 heteroatoms. The highest BCUT2D eigenvalue weighted by molar-refractivity contribution is 5.86. The van der Waals surface area contributed by atoms with Gasteiger partial charge in [-0.2, -0.15) is 0 Å². The molecule has 4 aliphatic rings. The van der Waals surface area contributed by atoms with Crippen LogP contribution in [-0.4, -0.2) is 12.3 Å². The summed E-state index contributed by atoms with van der Waals surface area (Å²) in [6.45, 7) is 7.70. The molecular weight excluding hydrogens is 385 g/mol. The maximum absolute atomic E-state index is 13.4. The molecule has 5 rings (SSSR count). The first kappa shape index (κ1) is 21.5. The Bertz CT molecular complexity index is 806. The molecule has 0 radical (unpaired) electrons. The fourth-order valence-electron chi connectivity index (χ4n) is 9.01. The number of anilines is 1. The van der Waals surface area contributed by atoms with Crippen LogP contribution in [0.3, 0.4) is 0 Å². The average Bonchev–Trinajstić information content (AvgIpc) is 3.03. The number of carbonyl (C=O) groups is 1. The number of rotatable bonds is 4. The lowest BCUT2D eigenvalue weighted by atomic mass is 9.48. The Kier molecular flexibility index (Phi) is 5.67. The molecule has 1 N–H and O–H groups in total. The minimum absolute atomic E-state index is 0.164. The van der Waals surface area contributed by atoms with E-state index >= 15 is 0 Å². The number of ketones is 1. The summed E-state index contributed by atoms with van der Waals surface area (Å²) in [6.07, 6.45) is 10.8. The van der Waals surface area contributed by atoms with Crippen molar-refractivity contribution in [3.8, 4) is 0 Å². The Morgan fingerprint density at radius 1 is 1.00 bits per heavy atom. The van der Waals surface area contributed by atoms with E-state index in [4.69, 9.17) is 0 Å². The van der Waals surface area contributed by atoms with Gasteiger partial charge in [0.25, 0.3) is 0 Å². The van der Waals surface area contributed by atoms with E-state index in [1.54, 1.807) is 12.1 Å². The van der Waals surface area contributed by atoms with Gasteiger partial charge in [0.1, 0.15) is 5.82 Å². The molecule has 0 aromatic heterocycles. The van der Waals surface area contributed by atoms with E-state index in [0.29, 0.717) is 24.2 Å². The second-order valence-corrected chi connectivity index (χ2v) is 11.9. The Balaban J connectivity index is 1.29. The molecule has 2 nitrogen and oxygen atoms in total. The summed E-state index contributed by atoms with van der Waals surface area (Å²) in [4.78, 5) is 13.4. The molecule has 4 aliphatic carbocycles. The highest BCUT2D eigenvalue weighted by atomic mass is 19.1. The predicted octanol–water partition coefficient (Wildman–Crippen LogP) is 6.96. The van der Waals surface area contributed by atoms with Gasteiger partial charge in [-0.05, 0) is 116 Å². The fourth-order valence-corrected chi connectivity index (χ4v) is 9.01. The third-order valence-electron chi connectivity index (χ3n) is 10.2. The molecule has 1 aromatic rings. The lowest BCUT2D eigenvalue weighted by Gasteiger charge is -2.56. The average molecular weight is 426 g/mol. The minimum atomic E-state index is -0.240. The third-order valence-corrected chi connectivity index (χ3v) is 10.2. The van der Waals surface area contributed by atoms with Crippen LogP contribution in [0.25, 0.3) is 0 Å². The van der Waals surface area contributed by atoms with Crippen LogP contribution >= 0.6 is 0 Å². The third kappa shape index (κ3) is 3.74. The molecule has 0 spiro atoms. The van der Waals surface area contributed by atoms with Crippen LogP contribution in [0.4, 0.5) is 10.1 Å². The SMILES string of the molecule is CC1CCC2C(CCC3C2CCC2(C)C(C(=O)CNc4ccc(F)cc4)CC(C)C32)C1. The van der Waals surface area contributed by atoms with Crippen LogP contribution in [0.15, 0.2) is 24.3 Å². The summed E-state index contributed by atoms with van der Waals surface area (Å²) in [5.74, 6) is 6.27. The summed E-state index contributed by atoms with van der Waals surface area (Å²) in [6, 6.07) is 6.34. The molecule has 9 unspecified atom stereocenters. The van der Waals surface area contributed by atoms with Crippen molar-refractivity contribution in [3.63, 3.8) is 0 Å². The topological polar surface area (TPSA) is 29.1 Å². The molecule has 1 aromatic carbocycles. The summed E-state index contributed by atoms with van der Waals surface area (Å²) < 4.78 is 13.2. The zero-order valence-corrected chi connectivity index (χ0v) is 19.6. The van der Waals surface area contributed by atoms with Crippen molar-refractivity contribution in [1.29, 1.82) is 0 Å². The van der Waals surface area contributed by atoms with Crippen molar-refractivity contribution in [2.45, 2.75) is 72.1 Å². The molecule has 0 amide bonds. The van der Waals surface area contributed by atoms with Crippen molar-refractivity contribution in [2.24, 2.45) is 52.8 Å². The molecule has 0 heterocycles. The van der Waals surface area contributed by atoms with E-state index in [9.17, 15) is 9.18 Å². The molecule has 170 valence electrons. The van der Waals surface area contributed by atoms with Gasteiger partial charge in [-0.1, -0.05) is 27.2 Å². The molecule has 0 bridgehead atoms. The van der Waals surface area contributed by atoms with E-state index in [-0.39, 0.29) is 17.2 Å². The lowest BCUT2D eigenvalue weighted by molar-refractivity contribution is -0.129. The van der Waals surface area contributed by atoms with Gasteiger partial charge in [-0.25, -0.2) is 4.39 Å². The normalized spacial score (nSPS) is 44.1. The first-order chi connectivity index (χ1) is 14.9. The molecular formula is C28H40FNO. The summed E-state index contributed by atoms with van der Waals surface area (Å²) >= 11 is 0. The number of hydrogen-bond donors (Lipinski definition) is 1. The number of carbonyl (C=O) groups excluding carboxylic acids is 1. The first-order valence-electron chi connectivity index (χ1n) is 12.9. The van der Waals surface area contributed by atoms with E-state index in [1.165, 1.54) is 57.1 Å². The minimum Gasteiger partial charge on any atom is -0.378 e. The molecule has 4 saturated carbocycles. The van der Waals surface area contributed by atoms with Crippen LogP contribution in [-0.2, 0) is 4.79 Å².